The summed E-state index contributed by atoms with van der Waals surface area (Å²) < 4.78 is 27.5. The monoisotopic (exact) mass is 152 g/mol. The van der Waals surface area contributed by atoms with Crippen molar-refractivity contribution in [2.24, 2.45) is 0 Å². The highest BCUT2D eigenvalue weighted by molar-refractivity contribution is 5.81. The lowest BCUT2D eigenvalue weighted by Crippen LogP contribution is -2.10. The summed E-state index contributed by atoms with van der Waals surface area (Å²) in [6.07, 6.45) is -2.54. The maximum atomic E-state index is 11.5. The van der Waals surface area contributed by atoms with Crippen molar-refractivity contribution in [2.75, 3.05) is 13.7 Å². The van der Waals surface area contributed by atoms with E-state index in [1.807, 2.05) is 0 Å². The van der Waals surface area contributed by atoms with Gasteiger partial charge in [-0.25, -0.2) is 8.78 Å². The van der Waals surface area contributed by atoms with Crippen LogP contribution >= 0.6 is 0 Å². The van der Waals surface area contributed by atoms with Crippen molar-refractivity contribution in [3.63, 3.8) is 0 Å². The number of Topliss-reactive ketones (excluding diaryl/α,β-unsaturated/α-hetero) is 1. The zero-order valence-electron chi connectivity index (χ0n) is 5.77. The molecule has 2 nitrogen and oxygen atoms in total. The molecule has 0 unspecified atom stereocenters. The Bertz CT molecular complexity index is 104. The van der Waals surface area contributed by atoms with E-state index in [1.165, 1.54) is 7.11 Å². The van der Waals surface area contributed by atoms with Gasteiger partial charge in [0.25, 0.3) is 6.43 Å². The van der Waals surface area contributed by atoms with Crippen molar-refractivity contribution in [3.8, 4) is 0 Å². The highest BCUT2D eigenvalue weighted by Gasteiger charge is 2.13. The molecule has 0 amide bonds. The first-order chi connectivity index (χ1) is 4.68. The van der Waals surface area contributed by atoms with Crippen molar-refractivity contribution in [1.82, 2.24) is 0 Å². The minimum Gasteiger partial charge on any atom is -0.385 e. The fourth-order valence-corrected chi connectivity index (χ4v) is 0.500. The second-order valence-corrected chi connectivity index (χ2v) is 1.86. The quantitative estimate of drug-likeness (QED) is 0.554. The number of ketones is 1. The summed E-state index contributed by atoms with van der Waals surface area (Å²) in [6.45, 7) is 0.360. The second-order valence-electron chi connectivity index (χ2n) is 1.86. The molecule has 0 saturated heterocycles. The topological polar surface area (TPSA) is 26.3 Å². The van der Waals surface area contributed by atoms with Gasteiger partial charge in [0.2, 0.25) is 0 Å². The van der Waals surface area contributed by atoms with Crippen molar-refractivity contribution < 1.29 is 18.3 Å². The van der Waals surface area contributed by atoms with Gasteiger partial charge in [0.05, 0.1) is 0 Å². The van der Waals surface area contributed by atoms with E-state index in [-0.39, 0.29) is 6.42 Å². The Morgan fingerprint density at radius 1 is 1.60 bits per heavy atom. The van der Waals surface area contributed by atoms with E-state index in [2.05, 4.69) is 4.74 Å². The normalized spacial score (nSPS) is 10.4. The van der Waals surface area contributed by atoms with E-state index < -0.39 is 12.2 Å². The standard InChI is InChI=1S/C6H10F2O2/c1-10-4-2-3-5(9)6(7)8/h6H,2-4H2,1H3. The zero-order valence-corrected chi connectivity index (χ0v) is 5.77. The Hall–Kier alpha value is -0.510. The first-order valence-corrected chi connectivity index (χ1v) is 2.98. The number of carbonyl (C=O) groups excluding carboxylic acids is 1. The minimum atomic E-state index is -2.82. The Balaban J connectivity index is 3.22. The Morgan fingerprint density at radius 2 is 2.20 bits per heavy atom. The largest absolute Gasteiger partial charge is 0.385 e. The fourth-order valence-electron chi connectivity index (χ4n) is 0.500. The third-order valence-corrected chi connectivity index (χ3v) is 1.02. The van der Waals surface area contributed by atoms with Crippen molar-refractivity contribution >= 4 is 5.78 Å². The third-order valence-electron chi connectivity index (χ3n) is 1.02. The van der Waals surface area contributed by atoms with Gasteiger partial charge >= 0.3 is 0 Å². The summed E-state index contributed by atoms with van der Waals surface area (Å²) >= 11 is 0. The van der Waals surface area contributed by atoms with Gasteiger partial charge in [-0.2, -0.15) is 0 Å². The van der Waals surface area contributed by atoms with E-state index in [9.17, 15) is 13.6 Å². The van der Waals surface area contributed by atoms with Crippen LogP contribution in [0.25, 0.3) is 0 Å². The fraction of sp³-hybridized carbons (Fsp3) is 0.833. The number of methoxy groups -OCH3 is 1. The lowest BCUT2D eigenvalue weighted by atomic mass is 10.2. The molecule has 0 spiro atoms. The molecule has 0 aromatic heterocycles. The molecule has 60 valence electrons. The van der Waals surface area contributed by atoms with Crippen molar-refractivity contribution in [1.29, 1.82) is 0 Å². The minimum absolute atomic E-state index is 0.0918. The van der Waals surface area contributed by atoms with E-state index in [4.69, 9.17) is 0 Å². The first kappa shape index (κ1) is 9.49. The number of ether oxygens (including phenoxy) is 1. The Morgan fingerprint density at radius 3 is 2.60 bits per heavy atom. The van der Waals surface area contributed by atoms with Gasteiger partial charge in [0.15, 0.2) is 5.78 Å². The summed E-state index contributed by atoms with van der Waals surface area (Å²) in [5.41, 5.74) is 0. The predicted molar refractivity (Wildman–Crippen MR) is 32.1 cm³/mol. The molecule has 0 aromatic carbocycles. The van der Waals surface area contributed by atoms with Gasteiger partial charge in [-0.05, 0) is 6.42 Å². The number of alkyl halides is 2. The average molecular weight is 152 g/mol. The smallest absolute Gasteiger partial charge is 0.295 e. The molecule has 0 radical (unpaired) electrons. The maximum absolute atomic E-state index is 11.5. The summed E-state index contributed by atoms with van der Waals surface area (Å²) in [7, 11) is 1.47. The lowest BCUT2D eigenvalue weighted by molar-refractivity contribution is -0.129. The lowest BCUT2D eigenvalue weighted by Gasteiger charge is -1.97. The van der Waals surface area contributed by atoms with Gasteiger partial charge in [-0.3, -0.25) is 4.79 Å². The highest BCUT2D eigenvalue weighted by atomic mass is 19.3. The zero-order chi connectivity index (χ0) is 7.98. The highest BCUT2D eigenvalue weighted by Crippen LogP contribution is 2.00. The molecule has 0 fully saturated rings. The third kappa shape index (κ3) is 4.38. The molecule has 0 aliphatic heterocycles. The molecule has 4 heteroatoms. The van der Waals surface area contributed by atoms with Crippen molar-refractivity contribution in [3.05, 3.63) is 0 Å². The molecule has 0 saturated carbocycles. The van der Waals surface area contributed by atoms with Crippen molar-refractivity contribution in [2.45, 2.75) is 19.3 Å². The number of halogens is 2. The molecule has 0 N–H and O–H groups in total. The van der Waals surface area contributed by atoms with Crippen LogP contribution in [0.3, 0.4) is 0 Å². The van der Waals surface area contributed by atoms with E-state index in [1.54, 1.807) is 0 Å². The molecular weight excluding hydrogens is 142 g/mol. The maximum Gasteiger partial charge on any atom is 0.295 e. The van der Waals surface area contributed by atoms with E-state index in [0.717, 1.165) is 0 Å². The van der Waals surface area contributed by atoms with Gasteiger partial charge in [-0.15, -0.1) is 0 Å². The van der Waals surface area contributed by atoms with Crippen LogP contribution in [0.1, 0.15) is 12.8 Å². The van der Waals surface area contributed by atoms with Crippen LogP contribution < -0.4 is 0 Å². The van der Waals surface area contributed by atoms with E-state index >= 15 is 0 Å². The summed E-state index contributed by atoms with van der Waals surface area (Å²) in [4.78, 5) is 10.2. The second kappa shape index (κ2) is 5.29. The Kier molecular flexibility index (Phi) is 5.02. The molecular formula is C6H10F2O2. The van der Waals surface area contributed by atoms with Crippen LogP contribution in [0, 0.1) is 0 Å². The number of hydrogen-bond acceptors (Lipinski definition) is 2. The van der Waals surface area contributed by atoms with Gasteiger partial charge < -0.3 is 4.74 Å². The van der Waals surface area contributed by atoms with Crippen LogP contribution in [0.15, 0.2) is 0 Å². The average Bonchev–Trinajstić information content (AvgIpc) is 1.88. The summed E-state index contributed by atoms with van der Waals surface area (Å²) in [6, 6.07) is 0. The SMILES string of the molecule is COCCCC(=O)C(F)F. The molecule has 0 rings (SSSR count). The van der Waals surface area contributed by atoms with Crippen LogP contribution in [-0.2, 0) is 9.53 Å². The van der Waals surface area contributed by atoms with Crippen LogP contribution in [0.2, 0.25) is 0 Å². The number of rotatable bonds is 5. The molecule has 0 atom stereocenters. The summed E-state index contributed by atoms with van der Waals surface area (Å²) in [5, 5.41) is 0. The van der Waals surface area contributed by atoms with Crippen LogP contribution in [-0.4, -0.2) is 25.9 Å². The molecule has 0 aromatic rings. The summed E-state index contributed by atoms with van der Waals surface area (Å²) in [5.74, 6) is -1.00. The van der Waals surface area contributed by atoms with Crippen LogP contribution in [0.5, 0.6) is 0 Å². The van der Waals surface area contributed by atoms with Gasteiger partial charge in [0, 0.05) is 20.1 Å². The molecule has 10 heavy (non-hydrogen) atoms. The van der Waals surface area contributed by atoms with Gasteiger partial charge in [0.1, 0.15) is 0 Å². The van der Waals surface area contributed by atoms with E-state index in [0.29, 0.717) is 13.0 Å². The first-order valence-electron chi connectivity index (χ1n) is 2.98. The van der Waals surface area contributed by atoms with Gasteiger partial charge in [-0.1, -0.05) is 0 Å². The molecule has 0 aliphatic carbocycles. The predicted octanol–water partition coefficient (Wildman–Crippen LogP) is 1.25. The molecule has 0 aliphatic rings. The molecule has 0 heterocycles. The number of hydrogen-bond donors (Lipinski definition) is 0. The molecule has 0 bridgehead atoms. The Labute approximate surface area is 58.2 Å². The number of carbonyl (C=O) groups is 1. The van der Waals surface area contributed by atoms with Crippen LogP contribution in [0.4, 0.5) is 8.78 Å².